The van der Waals surface area contributed by atoms with Crippen molar-refractivity contribution < 1.29 is 14.4 Å². The fourth-order valence-corrected chi connectivity index (χ4v) is 10.3. The molecule has 0 radical (unpaired) electrons. The molecule has 3 amide bonds. The Morgan fingerprint density at radius 3 is 1.68 bits per heavy atom. The Bertz CT molecular complexity index is 2450. The van der Waals surface area contributed by atoms with E-state index >= 15 is 0 Å². The van der Waals surface area contributed by atoms with Crippen molar-refractivity contribution >= 4 is 29.5 Å². The zero-order valence-corrected chi connectivity index (χ0v) is 36.8. The van der Waals surface area contributed by atoms with Gasteiger partial charge in [0, 0.05) is 25.8 Å². The molecule has 320 valence electrons. The average molecular weight is 850 g/mol. The van der Waals surface area contributed by atoms with Crippen LogP contribution in [0.2, 0.25) is 0 Å². The highest BCUT2D eigenvalue weighted by Gasteiger charge is 2.43. The molecule has 0 saturated carbocycles. The van der Waals surface area contributed by atoms with Gasteiger partial charge >= 0.3 is 0 Å². The molecule has 2 saturated heterocycles. The molecule has 2 aliphatic rings. The molecule has 0 bridgehead atoms. The van der Waals surface area contributed by atoms with E-state index in [1.165, 1.54) is 0 Å². The number of carbonyl (C=O) groups excluding carboxylic acids is 3. The van der Waals surface area contributed by atoms with E-state index in [1.54, 1.807) is 18.8 Å². The fourth-order valence-electron chi connectivity index (χ4n) is 8.87. The number of imidazole rings is 2. The Morgan fingerprint density at radius 1 is 0.694 bits per heavy atom. The lowest BCUT2D eigenvalue weighted by atomic mass is 10.0. The van der Waals surface area contributed by atoms with Crippen LogP contribution in [0.4, 0.5) is 0 Å². The van der Waals surface area contributed by atoms with Gasteiger partial charge in [-0.2, -0.15) is 0 Å². The fraction of sp³-hybridized carbons (Fsp3) is 0.327. The number of benzene rings is 4. The second kappa shape index (κ2) is 18.9. The van der Waals surface area contributed by atoms with E-state index in [-0.39, 0.29) is 41.2 Å². The summed E-state index contributed by atoms with van der Waals surface area (Å²) < 4.78 is 0. The molecule has 0 aliphatic carbocycles. The van der Waals surface area contributed by atoms with E-state index in [0.717, 1.165) is 69.3 Å². The molecule has 2 aromatic heterocycles. The number of hydrogen-bond acceptors (Lipinski definition) is 8. The predicted octanol–water partition coefficient (Wildman–Crippen LogP) is 7.87. The topological polar surface area (TPSA) is 134 Å². The first-order valence-corrected chi connectivity index (χ1v) is 22.3. The number of aromatic amines is 2. The maximum atomic E-state index is 14.5. The summed E-state index contributed by atoms with van der Waals surface area (Å²) in [5, 5.41) is 2.55. The zero-order chi connectivity index (χ0) is 43.3. The number of aromatic nitrogens is 4. The second-order valence-corrected chi connectivity index (χ2v) is 17.7. The average Bonchev–Trinajstić information content (AvgIpc) is 4.13. The van der Waals surface area contributed by atoms with Crippen LogP contribution in [0.1, 0.15) is 72.6 Å². The lowest BCUT2D eigenvalue weighted by Crippen LogP contribution is -2.44. The number of carbonyl (C=O) groups is 3. The Balaban J connectivity index is 0.955. The minimum atomic E-state index is -0.477. The molecule has 6 aromatic rings. The molecule has 2 fully saturated rings. The molecule has 62 heavy (non-hydrogen) atoms. The minimum Gasteiger partial charge on any atom is -0.359 e. The van der Waals surface area contributed by atoms with Crippen molar-refractivity contribution in [1.82, 2.24) is 44.9 Å². The standard InChI is InChI=1S/C49H55N9O3S/c1-50-42(59)26-27-43-58(49(61)45(56(4)5)37-15-10-7-11-16-37)41(31-62-43)47-52-30-39(54-47)35-24-20-33(21-25-35)32-18-22-34(23-19-32)38-29-51-46(53-38)40-17-12-28-57(40)48(60)44(55(2)3)36-13-8-6-9-14-36/h6-11,13-16,18-25,29-30,40-41,43-45H,12,17,26-28,31H2,1-5H3,(H,50,59)(H,51,53)(H,52,54). The van der Waals surface area contributed by atoms with Crippen molar-refractivity contribution in [2.45, 2.75) is 55.2 Å². The highest BCUT2D eigenvalue weighted by atomic mass is 32.2. The molecule has 8 rings (SSSR count). The number of thioether (sulfide) groups is 1. The van der Waals surface area contributed by atoms with E-state index in [4.69, 9.17) is 9.97 Å². The van der Waals surface area contributed by atoms with Crippen LogP contribution in [0.15, 0.2) is 122 Å². The number of nitrogens with zero attached hydrogens (tertiary/aromatic N) is 6. The Kier molecular flexibility index (Phi) is 13.0. The van der Waals surface area contributed by atoms with Crippen LogP contribution >= 0.6 is 11.8 Å². The highest BCUT2D eigenvalue weighted by molar-refractivity contribution is 8.00. The molecule has 13 heteroatoms. The molecule has 0 spiro atoms. The summed E-state index contributed by atoms with van der Waals surface area (Å²) in [6.45, 7) is 0.708. The van der Waals surface area contributed by atoms with Gasteiger partial charge in [-0.1, -0.05) is 109 Å². The smallest absolute Gasteiger partial charge is 0.246 e. The number of likely N-dealkylation sites (N-methyl/N-ethyl adjacent to an activating group) is 2. The summed E-state index contributed by atoms with van der Waals surface area (Å²) in [6, 6.07) is 35.4. The van der Waals surface area contributed by atoms with Gasteiger partial charge in [0.15, 0.2) is 0 Å². The molecular formula is C49H55N9O3S. The van der Waals surface area contributed by atoms with E-state index in [2.05, 4.69) is 63.8 Å². The van der Waals surface area contributed by atoms with E-state index in [9.17, 15) is 14.4 Å². The SMILES string of the molecule is CNC(=O)CCC1SCC(c2ncc(-c3ccc(-c4ccc(-c5cnc(C6CCCN6C(=O)C(c6ccccc6)N(C)C)[nH]5)cc4)cc3)[nH]2)N1C(=O)C(c1ccccc1)N(C)C. The van der Waals surface area contributed by atoms with Crippen LogP contribution in [0.25, 0.3) is 33.6 Å². The quantitative estimate of drug-likeness (QED) is 0.101. The molecule has 4 heterocycles. The van der Waals surface area contributed by atoms with Crippen molar-refractivity contribution in [3.05, 3.63) is 144 Å². The normalized spacial score (nSPS) is 18.7. The van der Waals surface area contributed by atoms with Crippen LogP contribution in [-0.4, -0.2) is 110 Å². The molecule has 5 unspecified atom stereocenters. The summed E-state index contributed by atoms with van der Waals surface area (Å²) in [5.74, 6) is 2.26. The van der Waals surface area contributed by atoms with Gasteiger partial charge in [-0.05, 0) is 80.8 Å². The van der Waals surface area contributed by atoms with Gasteiger partial charge in [-0.3, -0.25) is 24.2 Å². The summed E-state index contributed by atoms with van der Waals surface area (Å²) in [4.78, 5) is 65.3. The predicted molar refractivity (Wildman–Crippen MR) is 246 cm³/mol. The maximum absolute atomic E-state index is 14.5. The Morgan fingerprint density at radius 2 is 1.18 bits per heavy atom. The highest BCUT2D eigenvalue weighted by Crippen LogP contribution is 2.43. The van der Waals surface area contributed by atoms with Gasteiger partial charge in [-0.25, -0.2) is 9.97 Å². The lowest BCUT2D eigenvalue weighted by molar-refractivity contribution is -0.139. The molecule has 3 N–H and O–H groups in total. The van der Waals surface area contributed by atoms with E-state index in [1.807, 2.05) is 121 Å². The summed E-state index contributed by atoms with van der Waals surface area (Å²) in [7, 11) is 9.40. The van der Waals surface area contributed by atoms with Gasteiger partial charge in [0.2, 0.25) is 17.7 Å². The number of amides is 3. The maximum Gasteiger partial charge on any atom is 0.246 e. The number of H-pyrrole nitrogens is 2. The van der Waals surface area contributed by atoms with E-state index < -0.39 is 6.04 Å². The molecule has 5 atom stereocenters. The van der Waals surface area contributed by atoms with Crippen LogP contribution in [0.5, 0.6) is 0 Å². The third-order valence-corrected chi connectivity index (χ3v) is 13.4. The Labute approximate surface area is 368 Å². The number of hydrogen-bond donors (Lipinski definition) is 3. The molecule has 2 aliphatic heterocycles. The largest absolute Gasteiger partial charge is 0.359 e. The van der Waals surface area contributed by atoms with Crippen molar-refractivity contribution in [1.29, 1.82) is 0 Å². The molecule has 4 aromatic carbocycles. The van der Waals surface area contributed by atoms with Crippen molar-refractivity contribution in [2.24, 2.45) is 0 Å². The first kappa shape index (κ1) is 42.7. The van der Waals surface area contributed by atoms with Gasteiger partial charge in [0.05, 0.1) is 41.2 Å². The van der Waals surface area contributed by atoms with Crippen molar-refractivity contribution in [3.63, 3.8) is 0 Å². The Hall–Kier alpha value is -6.02. The first-order valence-electron chi connectivity index (χ1n) is 21.3. The monoisotopic (exact) mass is 849 g/mol. The zero-order valence-electron chi connectivity index (χ0n) is 36.0. The number of rotatable bonds is 14. The number of likely N-dealkylation sites (tertiary alicyclic amines) is 1. The third kappa shape index (κ3) is 8.97. The van der Waals surface area contributed by atoms with Crippen LogP contribution in [0.3, 0.4) is 0 Å². The van der Waals surface area contributed by atoms with Gasteiger partial charge < -0.3 is 25.1 Å². The second-order valence-electron chi connectivity index (χ2n) is 16.5. The van der Waals surface area contributed by atoms with E-state index in [0.29, 0.717) is 25.1 Å². The summed E-state index contributed by atoms with van der Waals surface area (Å²) in [6.07, 6.45) is 6.40. The molecular weight excluding hydrogens is 795 g/mol. The third-order valence-electron chi connectivity index (χ3n) is 12.1. The summed E-state index contributed by atoms with van der Waals surface area (Å²) >= 11 is 1.70. The van der Waals surface area contributed by atoms with Crippen molar-refractivity contribution in [3.8, 4) is 33.6 Å². The van der Waals surface area contributed by atoms with Crippen LogP contribution < -0.4 is 5.32 Å². The van der Waals surface area contributed by atoms with Crippen LogP contribution in [-0.2, 0) is 14.4 Å². The number of nitrogens with one attached hydrogen (secondary N) is 3. The van der Waals surface area contributed by atoms with Gasteiger partial charge in [0.1, 0.15) is 23.7 Å². The van der Waals surface area contributed by atoms with Gasteiger partial charge in [-0.15, -0.1) is 11.8 Å². The summed E-state index contributed by atoms with van der Waals surface area (Å²) in [5.41, 5.74) is 7.88. The minimum absolute atomic E-state index is 0.0100. The lowest BCUT2D eigenvalue weighted by Gasteiger charge is -2.34. The molecule has 12 nitrogen and oxygen atoms in total. The van der Waals surface area contributed by atoms with Crippen molar-refractivity contribution in [2.75, 3.05) is 47.5 Å². The first-order chi connectivity index (χ1) is 30.1. The van der Waals surface area contributed by atoms with Crippen LogP contribution in [0, 0.1) is 0 Å². The van der Waals surface area contributed by atoms with Gasteiger partial charge in [0.25, 0.3) is 0 Å².